The average Bonchev–Trinajstić information content (AvgIpc) is 2.44. The Morgan fingerprint density at radius 2 is 2.24 bits per heavy atom. The van der Waals surface area contributed by atoms with Gasteiger partial charge in [0.2, 0.25) is 0 Å². The molecule has 1 heterocycles. The van der Waals surface area contributed by atoms with Crippen LogP contribution in [0, 0.1) is 5.92 Å². The van der Waals surface area contributed by atoms with Crippen molar-refractivity contribution in [2.75, 3.05) is 31.4 Å². The molecule has 1 atom stereocenters. The van der Waals surface area contributed by atoms with Gasteiger partial charge >= 0.3 is 10.2 Å². The van der Waals surface area contributed by atoms with Crippen molar-refractivity contribution >= 4 is 43.4 Å². The lowest BCUT2D eigenvalue weighted by Crippen LogP contribution is -2.44. The Kier molecular flexibility index (Phi) is 5.90. The van der Waals surface area contributed by atoms with Crippen molar-refractivity contribution in [1.82, 2.24) is 9.62 Å². The highest BCUT2D eigenvalue weighted by Gasteiger charge is 2.29. The molecule has 1 saturated heterocycles. The van der Waals surface area contributed by atoms with Gasteiger partial charge in [0.15, 0.2) is 0 Å². The molecule has 0 aliphatic carbocycles. The van der Waals surface area contributed by atoms with E-state index in [1.165, 1.54) is 4.31 Å². The summed E-state index contributed by atoms with van der Waals surface area (Å²) in [5, 5.41) is 3.58. The lowest BCUT2D eigenvalue weighted by molar-refractivity contribution is 0.264. The lowest BCUT2D eigenvalue weighted by Gasteiger charge is -2.32. The van der Waals surface area contributed by atoms with Crippen LogP contribution in [0.3, 0.4) is 0 Å². The van der Waals surface area contributed by atoms with E-state index in [0.29, 0.717) is 34.2 Å². The van der Waals surface area contributed by atoms with Gasteiger partial charge in [-0.05, 0) is 60.4 Å². The van der Waals surface area contributed by atoms with E-state index in [2.05, 4.69) is 26.0 Å². The van der Waals surface area contributed by atoms with Crippen molar-refractivity contribution in [3.63, 3.8) is 0 Å². The molecule has 118 valence electrons. The van der Waals surface area contributed by atoms with Crippen LogP contribution in [0.4, 0.5) is 5.69 Å². The Hall–Kier alpha value is -0.340. The minimum absolute atomic E-state index is 0.350. The molecule has 2 N–H and O–H groups in total. The first kappa shape index (κ1) is 17.0. The van der Waals surface area contributed by atoms with Crippen molar-refractivity contribution in [2.24, 2.45) is 5.92 Å². The van der Waals surface area contributed by atoms with E-state index in [9.17, 15) is 8.42 Å². The highest BCUT2D eigenvalue weighted by atomic mass is 79.9. The predicted molar refractivity (Wildman–Crippen MR) is 89.9 cm³/mol. The number of rotatable bonds is 5. The maximum atomic E-state index is 12.5. The maximum Gasteiger partial charge on any atom is 0.301 e. The monoisotopic (exact) mass is 395 g/mol. The van der Waals surface area contributed by atoms with Gasteiger partial charge in [0.05, 0.1) is 15.2 Å². The zero-order valence-corrected chi connectivity index (χ0v) is 14.9. The number of halogens is 2. The number of anilines is 1. The minimum Gasteiger partial charge on any atom is -0.319 e. The van der Waals surface area contributed by atoms with Gasteiger partial charge < -0.3 is 5.32 Å². The smallest absolute Gasteiger partial charge is 0.301 e. The second kappa shape index (κ2) is 7.28. The molecule has 8 heteroatoms. The van der Waals surface area contributed by atoms with Crippen LogP contribution < -0.4 is 10.0 Å². The van der Waals surface area contributed by atoms with Gasteiger partial charge in [0.25, 0.3) is 0 Å². The molecule has 1 aromatic rings. The van der Waals surface area contributed by atoms with Gasteiger partial charge in [-0.25, -0.2) is 0 Å². The van der Waals surface area contributed by atoms with Gasteiger partial charge in [-0.1, -0.05) is 17.7 Å². The summed E-state index contributed by atoms with van der Waals surface area (Å²) in [5.41, 5.74) is 0.457. The molecule has 1 aliphatic heterocycles. The third-order valence-electron chi connectivity index (χ3n) is 3.50. The summed E-state index contributed by atoms with van der Waals surface area (Å²) in [4.78, 5) is 0. The van der Waals surface area contributed by atoms with Crippen molar-refractivity contribution in [2.45, 2.75) is 12.8 Å². The van der Waals surface area contributed by atoms with Crippen LogP contribution in [-0.4, -0.2) is 39.4 Å². The summed E-state index contributed by atoms with van der Waals surface area (Å²) in [7, 11) is -1.68. The number of hydrogen-bond donors (Lipinski definition) is 2. The van der Waals surface area contributed by atoms with E-state index in [4.69, 9.17) is 11.6 Å². The van der Waals surface area contributed by atoms with Crippen molar-refractivity contribution in [3.05, 3.63) is 27.7 Å². The van der Waals surface area contributed by atoms with Crippen molar-refractivity contribution in [1.29, 1.82) is 0 Å². The van der Waals surface area contributed by atoms with Crippen LogP contribution in [0.25, 0.3) is 0 Å². The molecule has 0 aromatic heterocycles. The van der Waals surface area contributed by atoms with Gasteiger partial charge in [0.1, 0.15) is 0 Å². The summed E-state index contributed by atoms with van der Waals surface area (Å²) in [6, 6.07) is 5.10. The van der Waals surface area contributed by atoms with E-state index in [-0.39, 0.29) is 0 Å². The number of benzene rings is 1. The zero-order chi connectivity index (χ0) is 15.5. The molecule has 0 amide bonds. The maximum absolute atomic E-state index is 12.5. The molecule has 2 rings (SSSR count). The Bertz CT molecular complexity index is 595. The summed E-state index contributed by atoms with van der Waals surface area (Å²) < 4.78 is 29.7. The SMILES string of the molecule is CNCC1CCCN(S(=O)(=O)Nc2cccc(Cl)c2Br)C1. The normalized spacial score (nSPS) is 20.4. The molecular weight excluding hydrogens is 378 g/mol. The molecule has 1 aliphatic rings. The van der Waals surface area contributed by atoms with Crippen molar-refractivity contribution in [3.8, 4) is 0 Å². The summed E-state index contributed by atoms with van der Waals surface area (Å²) in [5.74, 6) is 0.350. The zero-order valence-electron chi connectivity index (χ0n) is 11.8. The summed E-state index contributed by atoms with van der Waals surface area (Å²) in [6.45, 7) is 1.91. The molecule has 21 heavy (non-hydrogen) atoms. The number of hydrogen-bond acceptors (Lipinski definition) is 3. The second-order valence-corrected chi connectivity index (χ2v) is 8.00. The van der Waals surface area contributed by atoms with E-state index >= 15 is 0 Å². The van der Waals surface area contributed by atoms with Crippen LogP contribution in [-0.2, 0) is 10.2 Å². The van der Waals surface area contributed by atoms with E-state index in [0.717, 1.165) is 19.4 Å². The van der Waals surface area contributed by atoms with E-state index in [1.807, 2.05) is 7.05 Å². The predicted octanol–water partition coefficient (Wildman–Crippen LogP) is 2.69. The van der Waals surface area contributed by atoms with Crippen molar-refractivity contribution < 1.29 is 8.42 Å². The molecule has 1 unspecified atom stereocenters. The van der Waals surface area contributed by atoms with Gasteiger partial charge in [0, 0.05) is 13.1 Å². The number of nitrogens with zero attached hydrogens (tertiary/aromatic N) is 1. The second-order valence-electron chi connectivity index (χ2n) is 5.13. The first-order valence-corrected chi connectivity index (χ1v) is 9.41. The fourth-order valence-electron chi connectivity index (χ4n) is 2.49. The molecule has 0 radical (unpaired) electrons. The molecule has 0 spiro atoms. The Labute approximate surface area is 139 Å². The highest BCUT2D eigenvalue weighted by molar-refractivity contribution is 9.10. The first-order valence-electron chi connectivity index (χ1n) is 6.80. The van der Waals surface area contributed by atoms with Crippen LogP contribution in [0.1, 0.15) is 12.8 Å². The Morgan fingerprint density at radius 1 is 1.48 bits per heavy atom. The van der Waals surface area contributed by atoms with Crippen LogP contribution in [0.2, 0.25) is 5.02 Å². The van der Waals surface area contributed by atoms with Crippen LogP contribution in [0.15, 0.2) is 22.7 Å². The summed E-state index contributed by atoms with van der Waals surface area (Å²) >= 11 is 9.30. The molecule has 0 saturated carbocycles. The van der Waals surface area contributed by atoms with Gasteiger partial charge in [-0.3, -0.25) is 4.72 Å². The Balaban J connectivity index is 2.12. The van der Waals surface area contributed by atoms with Crippen LogP contribution in [0.5, 0.6) is 0 Å². The van der Waals surface area contributed by atoms with Gasteiger partial charge in [-0.15, -0.1) is 0 Å². The third kappa shape index (κ3) is 4.32. The quantitative estimate of drug-likeness (QED) is 0.804. The number of nitrogens with one attached hydrogen (secondary N) is 2. The first-order chi connectivity index (χ1) is 9.94. The molecular formula is C13H19BrClN3O2S. The molecule has 0 bridgehead atoms. The number of piperidine rings is 1. The fourth-order valence-corrected chi connectivity index (χ4v) is 4.51. The third-order valence-corrected chi connectivity index (χ3v) is 6.39. The van der Waals surface area contributed by atoms with Gasteiger partial charge in [-0.2, -0.15) is 12.7 Å². The fraction of sp³-hybridized carbons (Fsp3) is 0.538. The minimum atomic E-state index is -3.56. The molecule has 1 aromatic carbocycles. The highest BCUT2D eigenvalue weighted by Crippen LogP contribution is 2.31. The molecule has 5 nitrogen and oxygen atoms in total. The van der Waals surface area contributed by atoms with Crippen LogP contribution >= 0.6 is 27.5 Å². The van der Waals surface area contributed by atoms with E-state index < -0.39 is 10.2 Å². The standard InChI is InChI=1S/C13H19BrClN3O2S/c1-16-8-10-4-3-7-18(9-10)21(19,20)17-12-6-2-5-11(15)13(12)14/h2,5-6,10,16-17H,3-4,7-9H2,1H3. The Morgan fingerprint density at radius 3 is 2.95 bits per heavy atom. The summed E-state index contributed by atoms with van der Waals surface area (Å²) in [6.07, 6.45) is 1.93. The topological polar surface area (TPSA) is 61.4 Å². The average molecular weight is 397 g/mol. The lowest BCUT2D eigenvalue weighted by atomic mass is 10.00. The van der Waals surface area contributed by atoms with E-state index in [1.54, 1.807) is 18.2 Å². The molecule has 1 fully saturated rings. The largest absolute Gasteiger partial charge is 0.319 e.